The third-order valence-corrected chi connectivity index (χ3v) is 4.36. The van der Waals surface area contributed by atoms with Crippen molar-refractivity contribution in [3.63, 3.8) is 0 Å². The van der Waals surface area contributed by atoms with E-state index in [1.807, 2.05) is 13.8 Å². The number of hydrogen-bond donors (Lipinski definition) is 1. The molecule has 3 heterocycles. The van der Waals surface area contributed by atoms with Gasteiger partial charge in [0.15, 0.2) is 12.4 Å². The minimum atomic E-state index is -0.780. The molecule has 0 bridgehead atoms. The summed E-state index contributed by atoms with van der Waals surface area (Å²) in [7, 11) is 0. The van der Waals surface area contributed by atoms with Crippen LogP contribution in [0.3, 0.4) is 0 Å². The van der Waals surface area contributed by atoms with Crippen LogP contribution in [0.15, 0.2) is 44.7 Å². The van der Waals surface area contributed by atoms with Crippen molar-refractivity contribution in [3.8, 4) is 11.7 Å². The zero-order valence-corrected chi connectivity index (χ0v) is 15.0. The Balaban J connectivity index is 1.59. The first-order valence-electron chi connectivity index (χ1n) is 7.92. The lowest BCUT2D eigenvalue weighted by Crippen LogP contribution is -2.45. The third-order valence-electron chi connectivity index (χ3n) is 3.49. The van der Waals surface area contributed by atoms with E-state index >= 15 is 0 Å². The van der Waals surface area contributed by atoms with Gasteiger partial charge in [0.2, 0.25) is 0 Å². The maximum atomic E-state index is 12.4. The number of aromatic nitrogens is 2. The van der Waals surface area contributed by atoms with E-state index in [2.05, 4.69) is 15.5 Å². The minimum absolute atomic E-state index is 0.136. The van der Waals surface area contributed by atoms with E-state index in [-0.39, 0.29) is 30.2 Å². The molecule has 136 valence electrons. The molecule has 0 aliphatic carbocycles. The largest absolute Gasteiger partial charge is 0.459 e. The molecule has 0 saturated carbocycles. The number of carbonyl (C=O) groups is 2. The Morgan fingerprint density at radius 3 is 2.77 bits per heavy atom. The third kappa shape index (κ3) is 4.17. The van der Waals surface area contributed by atoms with E-state index in [4.69, 9.17) is 13.6 Å². The molecule has 1 atom stereocenters. The first-order valence-corrected chi connectivity index (χ1v) is 8.80. The van der Waals surface area contributed by atoms with E-state index in [9.17, 15) is 9.59 Å². The molecule has 26 heavy (non-hydrogen) atoms. The molecule has 0 saturated heterocycles. The summed E-state index contributed by atoms with van der Waals surface area (Å²) < 4.78 is 15.8. The molecule has 0 spiro atoms. The smallest absolute Gasteiger partial charge is 0.329 e. The molecular weight excluding hydrogens is 358 g/mol. The lowest BCUT2D eigenvalue weighted by molar-refractivity contribution is -0.149. The maximum Gasteiger partial charge on any atom is 0.329 e. The SMILES string of the molecule is CC(C)[C@@H](NC(=O)c1cccs1)C(=O)OCc1nnc(-c2ccco2)o1. The van der Waals surface area contributed by atoms with Crippen molar-refractivity contribution in [3.05, 3.63) is 46.7 Å². The maximum absolute atomic E-state index is 12.4. The van der Waals surface area contributed by atoms with E-state index in [1.165, 1.54) is 17.6 Å². The first kappa shape index (κ1) is 17.9. The van der Waals surface area contributed by atoms with Crippen LogP contribution in [-0.2, 0) is 16.1 Å². The Labute approximate surface area is 153 Å². The van der Waals surface area contributed by atoms with Gasteiger partial charge >= 0.3 is 5.97 Å². The summed E-state index contributed by atoms with van der Waals surface area (Å²) in [5.74, 6) is -0.258. The first-order chi connectivity index (χ1) is 12.5. The highest BCUT2D eigenvalue weighted by molar-refractivity contribution is 7.12. The van der Waals surface area contributed by atoms with Crippen molar-refractivity contribution >= 4 is 23.2 Å². The fourth-order valence-corrected chi connectivity index (χ4v) is 2.78. The number of ether oxygens (including phenoxy) is 1. The Bertz CT molecular complexity index is 855. The van der Waals surface area contributed by atoms with Gasteiger partial charge in [0, 0.05) is 0 Å². The van der Waals surface area contributed by atoms with Crippen LogP contribution in [0.1, 0.15) is 29.4 Å². The summed E-state index contributed by atoms with van der Waals surface area (Å²) in [6.45, 7) is 3.45. The summed E-state index contributed by atoms with van der Waals surface area (Å²) >= 11 is 1.30. The number of hydrogen-bond acceptors (Lipinski definition) is 8. The molecular formula is C17H17N3O5S. The van der Waals surface area contributed by atoms with Crippen molar-refractivity contribution in [1.29, 1.82) is 0 Å². The van der Waals surface area contributed by atoms with Gasteiger partial charge in [-0.3, -0.25) is 4.79 Å². The van der Waals surface area contributed by atoms with Gasteiger partial charge in [0.25, 0.3) is 17.7 Å². The van der Waals surface area contributed by atoms with Crippen molar-refractivity contribution in [2.45, 2.75) is 26.5 Å². The topological polar surface area (TPSA) is 107 Å². The van der Waals surface area contributed by atoms with Crippen molar-refractivity contribution in [2.75, 3.05) is 0 Å². The average Bonchev–Trinajstić information content (AvgIpc) is 3.38. The molecule has 0 aliphatic rings. The fourth-order valence-electron chi connectivity index (χ4n) is 2.15. The molecule has 8 nitrogen and oxygen atoms in total. The van der Waals surface area contributed by atoms with Crippen LogP contribution >= 0.6 is 11.3 Å². The molecule has 3 aromatic heterocycles. The van der Waals surface area contributed by atoms with Crippen molar-refractivity contribution in [1.82, 2.24) is 15.5 Å². The summed E-state index contributed by atoms with van der Waals surface area (Å²) in [6, 6.07) is 6.06. The predicted octanol–water partition coefficient (Wildman–Crippen LogP) is 2.89. The number of nitrogens with zero attached hydrogens (tertiary/aromatic N) is 2. The Kier molecular flexibility index (Phi) is 5.47. The molecule has 0 radical (unpaired) electrons. The molecule has 0 unspecified atom stereocenters. The summed E-state index contributed by atoms with van der Waals surface area (Å²) in [6.07, 6.45) is 1.49. The van der Waals surface area contributed by atoms with Crippen LogP contribution in [0.4, 0.5) is 0 Å². The summed E-state index contributed by atoms with van der Waals surface area (Å²) in [4.78, 5) is 25.1. The van der Waals surface area contributed by atoms with Gasteiger partial charge in [-0.2, -0.15) is 0 Å². The highest BCUT2D eigenvalue weighted by Gasteiger charge is 2.27. The lowest BCUT2D eigenvalue weighted by Gasteiger charge is -2.20. The number of nitrogens with one attached hydrogen (secondary N) is 1. The number of rotatable bonds is 7. The van der Waals surface area contributed by atoms with Gasteiger partial charge in [-0.1, -0.05) is 19.9 Å². The van der Waals surface area contributed by atoms with Gasteiger partial charge in [-0.15, -0.1) is 21.5 Å². The number of amides is 1. The Morgan fingerprint density at radius 1 is 1.27 bits per heavy atom. The van der Waals surface area contributed by atoms with E-state index in [1.54, 1.807) is 29.6 Å². The molecule has 1 N–H and O–H groups in total. The lowest BCUT2D eigenvalue weighted by atomic mass is 10.0. The molecule has 1 amide bonds. The van der Waals surface area contributed by atoms with Gasteiger partial charge < -0.3 is 18.9 Å². The van der Waals surface area contributed by atoms with Crippen molar-refractivity contribution in [2.24, 2.45) is 5.92 Å². The normalized spacial score (nSPS) is 12.1. The van der Waals surface area contributed by atoms with Crippen LogP contribution in [0.5, 0.6) is 0 Å². The fraction of sp³-hybridized carbons (Fsp3) is 0.294. The Morgan fingerprint density at radius 2 is 2.12 bits per heavy atom. The average molecular weight is 375 g/mol. The second kappa shape index (κ2) is 7.96. The van der Waals surface area contributed by atoms with E-state index in [0.717, 1.165) is 0 Å². The molecule has 9 heteroatoms. The highest BCUT2D eigenvalue weighted by atomic mass is 32.1. The second-order valence-electron chi connectivity index (χ2n) is 5.76. The van der Waals surface area contributed by atoms with Crippen LogP contribution in [0, 0.1) is 5.92 Å². The highest BCUT2D eigenvalue weighted by Crippen LogP contribution is 2.18. The van der Waals surface area contributed by atoms with E-state index in [0.29, 0.717) is 10.6 Å². The monoisotopic (exact) mass is 375 g/mol. The van der Waals surface area contributed by atoms with Crippen LogP contribution in [-0.4, -0.2) is 28.1 Å². The number of furan rings is 1. The van der Waals surface area contributed by atoms with Gasteiger partial charge in [0.1, 0.15) is 6.04 Å². The van der Waals surface area contributed by atoms with Gasteiger partial charge in [-0.25, -0.2) is 4.79 Å². The number of thiophene rings is 1. The van der Waals surface area contributed by atoms with Crippen molar-refractivity contribution < 1.29 is 23.2 Å². The van der Waals surface area contributed by atoms with Gasteiger partial charge in [-0.05, 0) is 29.5 Å². The quantitative estimate of drug-likeness (QED) is 0.633. The Hall–Kier alpha value is -2.94. The zero-order chi connectivity index (χ0) is 18.5. The summed E-state index contributed by atoms with van der Waals surface area (Å²) in [5, 5.41) is 12.1. The summed E-state index contributed by atoms with van der Waals surface area (Å²) in [5.41, 5.74) is 0. The van der Waals surface area contributed by atoms with E-state index < -0.39 is 12.0 Å². The zero-order valence-electron chi connectivity index (χ0n) is 14.2. The number of esters is 1. The molecule has 0 aliphatic heterocycles. The van der Waals surface area contributed by atoms with Crippen LogP contribution < -0.4 is 5.32 Å². The predicted molar refractivity (Wildman–Crippen MR) is 92.2 cm³/mol. The van der Waals surface area contributed by atoms with Crippen LogP contribution in [0.2, 0.25) is 0 Å². The second-order valence-corrected chi connectivity index (χ2v) is 6.71. The molecule has 3 aromatic rings. The molecule has 3 rings (SSSR count). The molecule has 0 aromatic carbocycles. The minimum Gasteiger partial charge on any atom is -0.459 e. The standard InChI is InChI=1S/C17H17N3O5S/c1-10(2)14(18-15(21)12-6-4-8-26-12)17(22)24-9-13-19-20-16(25-13)11-5-3-7-23-11/h3-8,10,14H,9H2,1-2H3,(H,18,21)/t14-/m1/s1. The van der Waals surface area contributed by atoms with Crippen LogP contribution in [0.25, 0.3) is 11.7 Å². The molecule has 0 fully saturated rings. The van der Waals surface area contributed by atoms with Gasteiger partial charge in [0.05, 0.1) is 11.1 Å². The number of carbonyl (C=O) groups excluding carboxylic acids is 2.